The first-order valence-electron chi connectivity index (χ1n) is 8.92. The second-order valence-corrected chi connectivity index (χ2v) is 6.36. The zero-order valence-electron chi connectivity index (χ0n) is 14.9. The third-order valence-corrected chi connectivity index (χ3v) is 5.05. The molecule has 0 bridgehead atoms. The monoisotopic (exact) mass is 359 g/mol. The van der Waals surface area contributed by atoms with Gasteiger partial charge in [-0.3, -0.25) is 4.79 Å². The first-order chi connectivity index (χ1) is 11.7. The molecule has 1 N–H and O–H groups in total. The molecule has 1 aliphatic carbocycles. The highest BCUT2D eigenvalue weighted by Crippen LogP contribution is 2.46. The molecule has 3 nitrogen and oxygen atoms in total. The SMILES string of the molecule is CC[NH+](CC)CCOC(=O)CC1c2ccccc2-c2ccccc21.[Cl-]. The number of nitrogens with one attached hydrogen (secondary N) is 1. The minimum Gasteiger partial charge on any atom is -1.00 e. The third kappa shape index (κ3) is 4.23. The van der Waals surface area contributed by atoms with Gasteiger partial charge < -0.3 is 22.0 Å². The molecule has 25 heavy (non-hydrogen) atoms. The Bertz CT molecular complexity index is 667. The molecule has 3 rings (SSSR count). The van der Waals surface area contributed by atoms with E-state index >= 15 is 0 Å². The molecule has 0 atom stereocenters. The summed E-state index contributed by atoms with van der Waals surface area (Å²) in [5.41, 5.74) is 4.98. The van der Waals surface area contributed by atoms with Crippen molar-refractivity contribution in [1.82, 2.24) is 0 Å². The van der Waals surface area contributed by atoms with Crippen molar-refractivity contribution in [3.63, 3.8) is 0 Å². The molecular formula is C21H26ClNO2. The predicted molar refractivity (Wildman–Crippen MR) is 96.2 cm³/mol. The van der Waals surface area contributed by atoms with Crippen LogP contribution in [0.1, 0.15) is 37.3 Å². The number of quaternary nitrogens is 1. The van der Waals surface area contributed by atoms with Crippen molar-refractivity contribution in [3.05, 3.63) is 59.7 Å². The number of carbonyl (C=O) groups is 1. The zero-order chi connectivity index (χ0) is 16.9. The lowest BCUT2D eigenvalue weighted by molar-refractivity contribution is -0.896. The third-order valence-electron chi connectivity index (χ3n) is 5.05. The Morgan fingerprint density at radius 1 is 0.960 bits per heavy atom. The van der Waals surface area contributed by atoms with Gasteiger partial charge in [0.25, 0.3) is 0 Å². The number of carbonyl (C=O) groups excluding carboxylic acids is 1. The van der Waals surface area contributed by atoms with Gasteiger partial charge >= 0.3 is 5.97 Å². The Kier molecular flexibility index (Phi) is 7.03. The van der Waals surface area contributed by atoms with Crippen LogP contribution in [0.5, 0.6) is 0 Å². The van der Waals surface area contributed by atoms with Gasteiger partial charge in [-0.2, -0.15) is 0 Å². The van der Waals surface area contributed by atoms with E-state index in [2.05, 4.69) is 50.2 Å². The van der Waals surface area contributed by atoms with Crippen molar-refractivity contribution < 1.29 is 26.8 Å². The van der Waals surface area contributed by atoms with Crippen LogP contribution in [0, 0.1) is 0 Å². The highest BCUT2D eigenvalue weighted by Gasteiger charge is 2.30. The fourth-order valence-corrected chi connectivity index (χ4v) is 3.62. The highest BCUT2D eigenvalue weighted by molar-refractivity contribution is 5.82. The summed E-state index contributed by atoms with van der Waals surface area (Å²) >= 11 is 0. The van der Waals surface area contributed by atoms with Gasteiger partial charge in [0.1, 0.15) is 13.2 Å². The van der Waals surface area contributed by atoms with E-state index in [0.717, 1.165) is 19.6 Å². The standard InChI is InChI=1S/C21H25NO2.ClH/c1-3-22(4-2)13-14-24-21(23)15-20-18-11-7-5-9-16(18)17-10-6-8-12-19(17)20;/h5-12,20H,3-4,13-15H2,1-2H3;1H. The average molecular weight is 360 g/mol. The fourth-order valence-electron chi connectivity index (χ4n) is 3.62. The van der Waals surface area contributed by atoms with Gasteiger partial charge in [0.2, 0.25) is 0 Å². The maximum absolute atomic E-state index is 12.3. The van der Waals surface area contributed by atoms with Crippen LogP contribution in [-0.2, 0) is 9.53 Å². The van der Waals surface area contributed by atoms with Gasteiger partial charge in [0.15, 0.2) is 0 Å². The first kappa shape index (κ1) is 19.5. The summed E-state index contributed by atoms with van der Waals surface area (Å²) in [6, 6.07) is 16.8. The number of esters is 1. The molecule has 0 heterocycles. The lowest BCUT2D eigenvalue weighted by Gasteiger charge is -2.16. The molecule has 0 saturated heterocycles. The number of likely N-dealkylation sites (N-methyl/N-ethyl adjacent to an activating group) is 1. The van der Waals surface area contributed by atoms with Crippen molar-refractivity contribution in [3.8, 4) is 11.1 Å². The molecule has 0 amide bonds. The molecule has 134 valence electrons. The van der Waals surface area contributed by atoms with Crippen molar-refractivity contribution >= 4 is 5.97 Å². The van der Waals surface area contributed by atoms with E-state index in [1.54, 1.807) is 0 Å². The van der Waals surface area contributed by atoms with Crippen molar-refractivity contribution in [2.45, 2.75) is 26.2 Å². The second-order valence-electron chi connectivity index (χ2n) is 6.36. The topological polar surface area (TPSA) is 30.7 Å². The van der Waals surface area contributed by atoms with Gasteiger partial charge in [-0.15, -0.1) is 0 Å². The normalized spacial score (nSPS) is 12.4. The van der Waals surface area contributed by atoms with Crippen molar-refractivity contribution in [2.24, 2.45) is 0 Å². The van der Waals surface area contributed by atoms with E-state index in [4.69, 9.17) is 4.74 Å². The molecule has 0 radical (unpaired) electrons. The molecule has 4 heteroatoms. The number of hydrogen-bond donors (Lipinski definition) is 1. The van der Waals surface area contributed by atoms with Crippen molar-refractivity contribution in [2.75, 3.05) is 26.2 Å². The average Bonchev–Trinajstić information content (AvgIpc) is 2.93. The maximum Gasteiger partial charge on any atom is 0.306 e. The lowest BCUT2D eigenvalue weighted by Crippen LogP contribution is -3.11. The molecule has 0 aromatic heterocycles. The highest BCUT2D eigenvalue weighted by atomic mass is 35.5. The van der Waals surface area contributed by atoms with E-state index in [1.165, 1.54) is 27.2 Å². The lowest BCUT2D eigenvalue weighted by atomic mass is 9.94. The van der Waals surface area contributed by atoms with Gasteiger partial charge in [-0.05, 0) is 36.1 Å². The summed E-state index contributed by atoms with van der Waals surface area (Å²) in [6.07, 6.45) is 0.418. The summed E-state index contributed by atoms with van der Waals surface area (Å²) in [7, 11) is 0. The molecule has 0 unspecified atom stereocenters. The molecule has 0 spiro atoms. The Hall–Kier alpha value is -1.84. The summed E-state index contributed by atoms with van der Waals surface area (Å²) in [5.74, 6) is 0.0174. The Morgan fingerprint density at radius 2 is 1.48 bits per heavy atom. The number of ether oxygens (including phenoxy) is 1. The zero-order valence-corrected chi connectivity index (χ0v) is 15.7. The van der Waals surface area contributed by atoms with Gasteiger partial charge in [0, 0.05) is 5.92 Å². The number of halogens is 1. The number of rotatable bonds is 7. The molecule has 0 aliphatic heterocycles. The van der Waals surface area contributed by atoms with Crippen LogP contribution in [0.2, 0.25) is 0 Å². The van der Waals surface area contributed by atoms with Crippen LogP contribution in [-0.4, -0.2) is 32.2 Å². The Morgan fingerprint density at radius 3 is 2.00 bits per heavy atom. The smallest absolute Gasteiger partial charge is 0.306 e. The van der Waals surface area contributed by atoms with Crippen LogP contribution < -0.4 is 17.3 Å². The van der Waals surface area contributed by atoms with E-state index in [-0.39, 0.29) is 24.3 Å². The van der Waals surface area contributed by atoms with Gasteiger partial charge in [0.05, 0.1) is 19.5 Å². The Labute approximate surface area is 156 Å². The van der Waals surface area contributed by atoms with E-state index in [9.17, 15) is 4.79 Å². The number of hydrogen-bond acceptors (Lipinski definition) is 2. The largest absolute Gasteiger partial charge is 1.00 e. The van der Waals surface area contributed by atoms with Crippen LogP contribution >= 0.6 is 0 Å². The summed E-state index contributed by atoms with van der Waals surface area (Å²) in [4.78, 5) is 13.8. The van der Waals surface area contributed by atoms with Gasteiger partial charge in [-0.25, -0.2) is 0 Å². The molecule has 2 aromatic rings. The van der Waals surface area contributed by atoms with E-state index in [1.807, 2.05) is 12.1 Å². The van der Waals surface area contributed by atoms with Gasteiger partial charge in [-0.1, -0.05) is 48.5 Å². The second kappa shape index (κ2) is 9.02. The molecule has 0 fully saturated rings. The summed E-state index contributed by atoms with van der Waals surface area (Å²) in [6.45, 7) is 7.84. The van der Waals surface area contributed by atoms with Crippen LogP contribution in [0.15, 0.2) is 48.5 Å². The minimum atomic E-state index is -0.0990. The van der Waals surface area contributed by atoms with E-state index < -0.39 is 0 Å². The predicted octanol–water partition coefficient (Wildman–Crippen LogP) is -0.339. The molecular weight excluding hydrogens is 334 g/mol. The van der Waals surface area contributed by atoms with Crippen molar-refractivity contribution in [1.29, 1.82) is 0 Å². The number of benzene rings is 2. The van der Waals surface area contributed by atoms with Crippen LogP contribution in [0.3, 0.4) is 0 Å². The quantitative estimate of drug-likeness (QED) is 0.686. The van der Waals surface area contributed by atoms with E-state index in [0.29, 0.717) is 13.0 Å². The Balaban J connectivity index is 0.00000225. The first-order valence-corrected chi connectivity index (χ1v) is 8.92. The molecule has 0 saturated carbocycles. The van der Waals surface area contributed by atoms with Crippen LogP contribution in [0.4, 0.5) is 0 Å². The minimum absolute atomic E-state index is 0. The van der Waals surface area contributed by atoms with Crippen LogP contribution in [0.25, 0.3) is 11.1 Å². The summed E-state index contributed by atoms with van der Waals surface area (Å²) < 4.78 is 5.51. The maximum atomic E-state index is 12.3. The fraction of sp³-hybridized carbons (Fsp3) is 0.381. The summed E-state index contributed by atoms with van der Waals surface area (Å²) in [5, 5.41) is 0. The molecule has 1 aliphatic rings. The molecule has 2 aromatic carbocycles. The number of fused-ring (bicyclic) bond motifs is 3.